The molecule has 1 saturated carbocycles. The third-order valence-electron chi connectivity index (χ3n) is 3.69. The van der Waals surface area contributed by atoms with Gasteiger partial charge in [0.05, 0.1) is 5.56 Å². The van der Waals surface area contributed by atoms with Crippen molar-refractivity contribution in [3.63, 3.8) is 0 Å². The lowest BCUT2D eigenvalue weighted by Gasteiger charge is -2.14. The summed E-state index contributed by atoms with van der Waals surface area (Å²) in [5.74, 6) is 0.888. The van der Waals surface area contributed by atoms with Crippen LogP contribution in [0.25, 0.3) is 0 Å². The number of hydrogen-bond donors (Lipinski definition) is 3. The van der Waals surface area contributed by atoms with Crippen molar-refractivity contribution < 1.29 is 14.7 Å². The number of amides is 1. The summed E-state index contributed by atoms with van der Waals surface area (Å²) >= 11 is 0. The van der Waals surface area contributed by atoms with Gasteiger partial charge in [0.25, 0.3) is 5.91 Å². The highest BCUT2D eigenvalue weighted by molar-refractivity contribution is 5.99. The molecule has 1 aliphatic rings. The molecule has 0 heterocycles. The standard InChI is InChI=1S/C15H21N3O3/c1-10-6-7-11(8-10)17-14(19)9-21-13-5-3-2-4-12(13)15(16)18-20/h2-5,10-11,20H,6-9H2,1H3,(H2,16,18)(H,17,19). The summed E-state index contributed by atoms with van der Waals surface area (Å²) in [6, 6.07) is 7.11. The van der Waals surface area contributed by atoms with Crippen molar-refractivity contribution in [3.05, 3.63) is 29.8 Å². The van der Waals surface area contributed by atoms with E-state index in [1.165, 1.54) is 0 Å². The van der Waals surface area contributed by atoms with Gasteiger partial charge in [0, 0.05) is 6.04 Å². The second-order valence-corrected chi connectivity index (χ2v) is 5.45. The predicted molar refractivity (Wildman–Crippen MR) is 79.4 cm³/mol. The number of para-hydroxylation sites is 1. The van der Waals surface area contributed by atoms with Gasteiger partial charge in [0.2, 0.25) is 0 Å². The van der Waals surface area contributed by atoms with E-state index >= 15 is 0 Å². The van der Waals surface area contributed by atoms with Gasteiger partial charge in [-0.25, -0.2) is 0 Å². The first-order valence-corrected chi connectivity index (χ1v) is 7.09. The Kier molecular flexibility index (Phi) is 5.03. The Bertz CT molecular complexity index is 531. The van der Waals surface area contributed by atoms with Crippen LogP contribution in [0.3, 0.4) is 0 Å². The van der Waals surface area contributed by atoms with Gasteiger partial charge >= 0.3 is 0 Å². The van der Waals surface area contributed by atoms with E-state index in [1.54, 1.807) is 24.3 Å². The van der Waals surface area contributed by atoms with Crippen LogP contribution in [0.5, 0.6) is 5.75 Å². The van der Waals surface area contributed by atoms with Crippen LogP contribution < -0.4 is 15.8 Å². The minimum absolute atomic E-state index is 0.0457. The van der Waals surface area contributed by atoms with Gasteiger partial charge in [0.1, 0.15) is 5.75 Å². The minimum atomic E-state index is -0.150. The van der Waals surface area contributed by atoms with Crippen molar-refractivity contribution in [2.45, 2.75) is 32.2 Å². The van der Waals surface area contributed by atoms with Gasteiger partial charge in [-0.2, -0.15) is 0 Å². The number of nitrogens with zero attached hydrogens (tertiary/aromatic N) is 1. The number of oxime groups is 1. The zero-order chi connectivity index (χ0) is 15.2. The maximum Gasteiger partial charge on any atom is 0.258 e. The molecule has 1 amide bonds. The van der Waals surface area contributed by atoms with Crippen LogP contribution in [0.15, 0.2) is 29.4 Å². The first-order chi connectivity index (χ1) is 10.1. The number of carbonyl (C=O) groups is 1. The molecule has 114 valence electrons. The van der Waals surface area contributed by atoms with E-state index in [2.05, 4.69) is 17.4 Å². The third-order valence-corrected chi connectivity index (χ3v) is 3.69. The van der Waals surface area contributed by atoms with Crippen molar-refractivity contribution in [1.29, 1.82) is 0 Å². The van der Waals surface area contributed by atoms with E-state index < -0.39 is 0 Å². The van der Waals surface area contributed by atoms with E-state index in [-0.39, 0.29) is 24.4 Å². The second-order valence-electron chi connectivity index (χ2n) is 5.45. The molecule has 2 rings (SSSR count). The summed E-state index contributed by atoms with van der Waals surface area (Å²) < 4.78 is 5.48. The Morgan fingerprint density at radius 2 is 2.24 bits per heavy atom. The van der Waals surface area contributed by atoms with Crippen LogP contribution in [-0.2, 0) is 4.79 Å². The summed E-state index contributed by atoms with van der Waals surface area (Å²) in [7, 11) is 0. The van der Waals surface area contributed by atoms with E-state index in [0.29, 0.717) is 17.2 Å². The van der Waals surface area contributed by atoms with Gasteiger partial charge in [0.15, 0.2) is 12.4 Å². The molecule has 4 N–H and O–H groups in total. The van der Waals surface area contributed by atoms with E-state index in [1.807, 2.05) is 0 Å². The van der Waals surface area contributed by atoms with Gasteiger partial charge in [-0.3, -0.25) is 4.79 Å². The summed E-state index contributed by atoms with van der Waals surface area (Å²) in [5.41, 5.74) is 6.03. The van der Waals surface area contributed by atoms with Crippen LogP contribution in [0.1, 0.15) is 31.7 Å². The average Bonchev–Trinajstić information content (AvgIpc) is 2.89. The molecular weight excluding hydrogens is 270 g/mol. The van der Waals surface area contributed by atoms with Gasteiger partial charge in [-0.05, 0) is 37.3 Å². The van der Waals surface area contributed by atoms with E-state index in [4.69, 9.17) is 15.7 Å². The Labute approximate surface area is 124 Å². The number of benzene rings is 1. The molecule has 1 fully saturated rings. The number of nitrogens with one attached hydrogen (secondary N) is 1. The fourth-order valence-electron chi connectivity index (χ4n) is 2.61. The lowest BCUT2D eigenvalue weighted by Crippen LogP contribution is -2.36. The summed E-state index contributed by atoms with van der Waals surface area (Å²) in [5, 5.41) is 14.7. The SMILES string of the molecule is CC1CCC(NC(=O)COc2ccccc2/C(N)=N/O)C1. The molecule has 0 spiro atoms. The van der Waals surface area contributed by atoms with E-state index in [9.17, 15) is 4.79 Å². The zero-order valence-corrected chi connectivity index (χ0v) is 12.1. The van der Waals surface area contributed by atoms with E-state index in [0.717, 1.165) is 19.3 Å². The Hall–Kier alpha value is -2.24. The number of hydrogen-bond acceptors (Lipinski definition) is 4. The molecule has 1 aliphatic carbocycles. The second kappa shape index (κ2) is 6.97. The van der Waals surface area contributed by atoms with Gasteiger partial charge in [-0.1, -0.05) is 24.2 Å². The predicted octanol–water partition coefficient (Wildman–Crippen LogP) is 1.46. The maximum absolute atomic E-state index is 11.9. The maximum atomic E-state index is 11.9. The first-order valence-electron chi connectivity index (χ1n) is 7.09. The van der Waals surface area contributed by atoms with Crippen molar-refractivity contribution in [2.75, 3.05) is 6.61 Å². The normalized spacial score (nSPS) is 22.0. The fraction of sp³-hybridized carbons (Fsp3) is 0.467. The zero-order valence-electron chi connectivity index (χ0n) is 12.1. The minimum Gasteiger partial charge on any atom is -0.483 e. The Balaban J connectivity index is 1.89. The summed E-state index contributed by atoms with van der Waals surface area (Å²) in [4.78, 5) is 11.9. The number of rotatable bonds is 5. The molecule has 0 radical (unpaired) electrons. The largest absolute Gasteiger partial charge is 0.483 e. The topological polar surface area (TPSA) is 96.9 Å². The molecule has 0 aromatic heterocycles. The highest BCUT2D eigenvalue weighted by Gasteiger charge is 2.22. The highest BCUT2D eigenvalue weighted by atomic mass is 16.5. The molecule has 0 aliphatic heterocycles. The van der Waals surface area contributed by atoms with Crippen molar-refractivity contribution in [1.82, 2.24) is 5.32 Å². The fourth-order valence-corrected chi connectivity index (χ4v) is 2.61. The van der Waals surface area contributed by atoms with Crippen LogP contribution in [0.2, 0.25) is 0 Å². The molecule has 1 aromatic carbocycles. The molecule has 0 bridgehead atoms. The van der Waals surface area contributed by atoms with Crippen LogP contribution in [0, 0.1) is 5.92 Å². The van der Waals surface area contributed by atoms with Crippen molar-refractivity contribution >= 4 is 11.7 Å². The first kappa shape index (κ1) is 15.2. The van der Waals surface area contributed by atoms with Crippen LogP contribution >= 0.6 is 0 Å². The molecule has 2 unspecified atom stereocenters. The molecule has 21 heavy (non-hydrogen) atoms. The summed E-state index contributed by atoms with van der Waals surface area (Å²) in [6.45, 7) is 2.11. The lowest BCUT2D eigenvalue weighted by atomic mass is 10.1. The van der Waals surface area contributed by atoms with Gasteiger partial charge in [-0.15, -0.1) is 0 Å². The molecule has 6 heteroatoms. The smallest absolute Gasteiger partial charge is 0.258 e. The van der Waals surface area contributed by atoms with Crippen molar-refractivity contribution in [3.8, 4) is 5.75 Å². The monoisotopic (exact) mass is 291 g/mol. The van der Waals surface area contributed by atoms with Crippen LogP contribution in [-0.4, -0.2) is 29.6 Å². The van der Waals surface area contributed by atoms with Gasteiger partial charge < -0.3 is 21.0 Å². The molecule has 0 saturated heterocycles. The highest BCUT2D eigenvalue weighted by Crippen LogP contribution is 2.24. The third kappa shape index (κ3) is 4.11. The number of ether oxygens (including phenoxy) is 1. The number of carbonyl (C=O) groups excluding carboxylic acids is 1. The number of nitrogens with two attached hydrogens (primary N) is 1. The molecule has 1 aromatic rings. The van der Waals surface area contributed by atoms with Crippen LogP contribution in [0.4, 0.5) is 0 Å². The summed E-state index contributed by atoms with van der Waals surface area (Å²) in [6.07, 6.45) is 3.19. The quantitative estimate of drug-likeness (QED) is 0.331. The average molecular weight is 291 g/mol. The Morgan fingerprint density at radius 1 is 1.48 bits per heavy atom. The molecule has 2 atom stereocenters. The van der Waals surface area contributed by atoms with Crippen molar-refractivity contribution in [2.24, 2.45) is 16.8 Å². The molecular formula is C15H21N3O3. The lowest BCUT2D eigenvalue weighted by molar-refractivity contribution is -0.123. The number of amidine groups is 1. The Morgan fingerprint density at radius 3 is 2.90 bits per heavy atom. The molecule has 6 nitrogen and oxygen atoms in total.